The molecule has 0 aromatic heterocycles. The largest absolute Gasteiger partial charge is 0.455 e. The van der Waals surface area contributed by atoms with Gasteiger partial charge in [0.15, 0.2) is 6.61 Å². The fraction of sp³-hybridized carbons (Fsp3) is 0.556. The molecule has 0 fully saturated rings. The highest BCUT2D eigenvalue weighted by Crippen LogP contribution is 2.20. The van der Waals surface area contributed by atoms with Crippen molar-refractivity contribution in [3.05, 3.63) is 29.8 Å². The predicted molar refractivity (Wildman–Crippen MR) is 96.0 cm³/mol. The second-order valence-electron chi connectivity index (χ2n) is 6.53. The van der Waals surface area contributed by atoms with Crippen molar-refractivity contribution in [2.24, 2.45) is 5.92 Å². The second-order valence-corrected chi connectivity index (χ2v) is 6.53. The molecule has 0 saturated carbocycles. The van der Waals surface area contributed by atoms with E-state index in [1.54, 1.807) is 13.8 Å². The molecule has 1 N–H and O–H groups in total. The fourth-order valence-electron chi connectivity index (χ4n) is 2.16. The van der Waals surface area contributed by atoms with E-state index < -0.39 is 0 Å². The maximum absolute atomic E-state index is 11.9. The molecule has 1 atom stereocenters. The first-order chi connectivity index (χ1) is 11.2. The first kappa shape index (κ1) is 20.0. The van der Waals surface area contributed by atoms with Crippen LogP contribution in [0.4, 0.5) is 5.69 Å². The van der Waals surface area contributed by atoms with Crippen molar-refractivity contribution in [1.29, 1.82) is 0 Å². The van der Waals surface area contributed by atoms with Gasteiger partial charge in [-0.3, -0.25) is 9.59 Å². The Balaban J connectivity index is 2.60. The summed E-state index contributed by atoms with van der Waals surface area (Å²) in [7, 11) is 7.93. The highest BCUT2D eigenvalue weighted by atomic mass is 16.5. The molecule has 1 aromatic carbocycles. The van der Waals surface area contributed by atoms with Crippen LogP contribution in [0.1, 0.15) is 25.5 Å². The number of esters is 1. The Kier molecular flexibility index (Phi) is 7.71. The molecule has 1 rings (SSSR count). The van der Waals surface area contributed by atoms with Gasteiger partial charge in [-0.25, -0.2) is 0 Å². The maximum Gasteiger partial charge on any atom is 0.308 e. The van der Waals surface area contributed by atoms with Crippen molar-refractivity contribution in [1.82, 2.24) is 10.2 Å². The Bertz CT molecular complexity index is 539. The van der Waals surface area contributed by atoms with Crippen LogP contribution < -0.4 is 10.2 Å². The lowest BCUT2D eigenvalue weighted by atomic mass is 10.1. The summed E-state index contributed by atoms with van der Waals surface area (Å²) >= 11 is 0. The van der Waals surface area contributed by atoms with Crippen molar-refractivity contribution >= 4 is 17.6 Å². The second kappa shape index (κ2) is 9.27. The van der Waals surface area contributed by atoms with E-state index in [1.807, 2.05) is 38.0 Å². The van der Waals surface area contributed by atoms with Gasteiger partial charge in [0.05, 0.1) is 12.0 Å². The van der Waals surface area contributed by atoms with Gasteiger partial charge in [0.25, 0.3) is 5.91 Å². The van der Waals surface area contributed by atoms with Gasteiger partial charge in [0.2, 0.25) is 0 Å². The number of carbonyl (C=O) groups excluding carboxylic acids is 2. The van der Waals surface area contributed by atoms with Gasteiger partial charge in [-0.1, -0.05) is 26.0 Å². The van der Waals surface area contributed by atoms with Crippen molar-refractivity contribution in [3.63, 3.8) is 0 Å². The quantitative estimate of drug-likeness (QED) is 0.732. The van der Waals surface area contributed by atoms with Gasteiger partial charge < -0.3 is 19.9 Å². The van der Waals surface area contributed by atoms with Crippen molar-refractivity contribution in [2.75, 3.05) is 46.2 Å². The lowest BCUT2D eigenvalue weighted by molar-refractivity contribution is -0.151. The van der Waals surface area contributed by atoms with Crippen LogP contribution in [0.25, 0.3) is 0 Å². The third-order valence-corrected chi connectivity index (χ3v) is 3.73. The van der Waals surface area contributed by atoms with Gasteiger partial charge >= 0.3 is 5.97 Å². The highest BCUT2D eigenvalue weighted by Gasteiger charge is 2.16. The summed E-state index contributed by atoms with van der Waals surface area (Å²) in [6.07, 6.45) is 0. The maximum atomic E-state index is 11.9. The molecule has 0 spiro atoms. The summed E-state index contributed by atoms with van der Waals surface area (Å²) in [6, 6.07) is 8.28. The van der Waals surface area contributed by atoms with E-state index in [0.717, 1.165) is 11.3 Å². The standard InChI is InChI=1S/C18H29N3O3/c1-13(2)18(23)24-12-17(22)19-11-16(21(5)6)14-7-9-15(10-8-14)20(3)4/h7-10,13,16H,11-12H2,1-6H3,(H,19,22)/t16-/m1/s1. The third-order valence-electron chi connectivity index (χ3n) is 3.73. The average Bonchev–Trinajstić information content (AvgIpc) is 2.52. The SMILES string of the molecule is CC(C)C(=O)OCC(=O)NC[C@H](c1ccc(N(C)C)cc1)N(C)C. The Morgan fingerprint density at radius 3 is 2.12 bits per heavy atom. The van der Waals surface area contributed by atoms with E-state index in [4.69, 9.17) is 4.74 Å². The zero-order chi connectivity index (χ0) is 18.3. The molecular formula is C18H29N3O3. The van der Waals surface area contributed by atoms with Crippen molar-refractivity contribution in [2.45, 2.75) is 19.9 Å². The summed E-state index contributed by atoms with van der Waals surface area (Å²) in [5.41, 5.74) is 2.24. The minimum absolute atomic E-state index is 0.0472. The number of anilines is 1. The van der Waals surface area contributed by atoms with E-state index in [0.29, 0.717) is 6.54 Å². The number of likely N-dealkylation sites (N-methyl/N-ethyl adjacent to an activating group) is 1. The van der Waals surface area contributed by atoms with Crippen LogP contribution in [0, 0.1) is 5.92 Å². The number of rotatable bonds is 8. The molecule has 1 amide bonds. The van der Waals surface area contributed by atoms with Crippen molar-refractivity contribution < 1.29 is 14.3 Å². The molecule has 0 unspecified atom stereocenters. The Morgan fingerprint density at radius 2 is 1.67 bits per heavy atom. The monoisotopic (exact) mass is 335 g/mol. The van der Waals surface area contributed by atoms with Crippen molar-refractivity contribution in [3.8, 4) is 0 Å². The molecule has 6 heteroatoms. The molecule has 24 heavy (non-hydrogen) atoms. The lowest BCUT2D eigenvalue weighted by Crippen LogP contribution is -2.37. The van der Waals surface area contributed by atoms with Gasteiger partial charge in [-0.2, -0.15) is 0 Å². The molecule has 134 valence electrons. The van der Waals surface area contributed by atoms with E-state index in [9.17, 15) is 9.59 Å². The number of amides is 1. The molecule has 1 aromatic rings. The van der Waals surface area contributed by atoms with E-state index in [-0.39, 0.29) is 30.4 Å². The van der Waals surface area contributed by atoms with E-state index in [1.165, 1.54) is 0 Å². The number of carbonyl (C=O) groups is 2. The highest BCUT2D eigenvalue weighted by molar-refractivity contribution is 5.81. The van der Waals surface area contributed by atoms with Crippen LogP contribution in [0.2, 0.25) is 0 Å². The zero-order valence-corrected chi connectivity index (χ0v) is 15.5. The predicted octanol–water partition coefficient (Wildman–Crippen LogP) is 1.67. The van der Waals surface area contributed by atoms with E-state index in [2.05, 4.69) is 29.6 Å². The Hall–Kier alpha value is -2.08. The minimum Gasteiger partial charge on any atom is -0.455 e. The molecule has 6 nitrogen and oxygen atoms in total. The average molecular weight is 335 g/mol. The first-order valence-electron chi connectivity index (χ1n) is 8.09. The van der Waals surface area contributed by atoms with Gasteiger partial charge in [-0.05, 0) is 31.8 Å². The summed E-state index contributed by atoms with van der Waals surface area (Å²) in [5, 5.41) is 2.83. The molecule has 0 aliphatic rings. The van der Waals surface area contributed by atoms with E-state index >= 15 is 0 Å². The minimum atomic E-state index is -0.367. The number of nitrogens with one attached hydrogen (secondary N) is 1. The molecule has 0 heterocycles. The number of nitrogens with zero attached hydrogens (tertiary/aromatic N) is 2. The molecule has 0 radical (unpaired) electrons. The van der Waals surface area contributed by atoms with Crippen LogP contribution >= 0.6 is 0 Å². The fourth-order valence-corrected chi connectivity index (χ4v) is 2.16. The number of benzene rings is 1. The van der Waals surface area contributed by atoms with Crippen LogP contribution in [-0.4, -0.2) is 58.1 Å². The van der Waals surface area contributed by atoms with Crippen LogP contribution in [0.15, 0.2) is 24.3 Å². The Morgan fingerprint density at radius 1 is 1.08 bits per heavy atom. The lowest BCUT2D eigenvalue weighted by Gasteiger charge is -2.25. The normalized spacial score (nSPS) is 12.2. The van der Waals surface area contributed by atoms with Crippen LogP contribution in [-0.2, 0) is 14.3 Å². The summed E-state index contributed by atoms with van der Waals surface area (Å²) in [4.78, 5) is 27.3. The molecule has 0 aliphatic carbocycles. The summed E-state index contributed by atoms with van der Waals surface area (Å²) in [5.74, 6) is -0.892. The van der Waals surface area contributed by atoms with Gasteiger partial charge in [-0.15, -0.1) is 0 Å². The number of hydrogen-bond donors (Lipinski definition) is 1. The van der Waals surface area contributed by atoms with Gasteiger partial charge in [0, 0.05) is 26.3 Å². The Labute approximate surface area is 144 Å². The van der Waals surface area contributed by atoms with Gasteiger partial charge in [0.1, 0.15) is 0 Å². The molecule has 0 saturated heterocycles. The molecule has 0 aliphatic heterocycles. The smallest absolute Gasteiger partial charge is 0.308 e. The number of ether oxygens (including phenoxy) is 1. The van der Waals surface area contributed by atoms with Crippen LogP contribution in [0.3, 0.4) is 0 Å². The molecular weight excluding hydrogens is 306 g/mol. The summed E-state index contributed by atoms with van der Waals surface area (Å²) < 4.78 is 4.94. The van der Waals surface area contributed by atoms with Crippen LogP contribution in [0.5, 0.6) is 0 Å². The summed E-state index contributed by atoms with van der Waals surface area (Å²) in [6.45, 7) is 3.68. The third kappa shape index (κ3) is 6.20. The number of hydrogen-bond acceptors (Lipinski definition) is 5. The first-order valence-corrected chi connectivity index (χ1v) is 8.09. The zero-order valence-electron chi connectivity index (χ0n) is 15.5. The topological polar surface area (TPSA) is 61.9 Å². The molecule has 0 bridgehead atoms.